The summed E-state index contributed by atoms with van der Waals surface area (Å²) < 4.78 is 2.21. The van der Waals surface area contributed by atoms with Crippen molar-refractivity contribution in [1.82, 2.24) is 4.57 Å². The maximum absolute atomic E-state index is 10.9. The summed E-state index contributed by atoms with van der Waals surface area (Å²) in [5.41, 5.74) is 2.29. The number of carboxylic acids is 1. The van der Waals surface area contributed by atoms with Crippen LogP contribution >= 0.6 is 0 Å². The maximum Gasteiger partial charge on any atom is 0.303 e. The quantitative estimate of drug-likeness (QED) is 0.890. The molecule has 1 unspecified atom stereocenters. The fourth-order valence-electron chi connectivity index (χ4n) is 2.45. The van der Waals surface area contributed by atoms with E-state index < -0.39 is 5.97 Å². The topological polar surface area (TPSA) is 42.2 Å². The molecular formula is C15H19NO2. The Hall–Kier alpha value is -1.77. The van der Waals surface area contributed by atoms with Crippen molar-refractivity contribution in [2.75, 3.05) is 0 Å². The first kappa shape index (κ1) is 12.7. The van der Waals surface area contributed by atoms with Gasteiger partial charge in [0.15, 0.2) is 0 Å². The van der Waals surface area contributed by atoms with E-state index in [1.54, 1.807) is 0 Å². The second-order valence-electron chi connectivity index (χ2n) is 5.10. The highest BCUT2D eigenvalue weighted by Gasteiger charge is 2.16. The Balaban J connectivity index is 2.55. The average Bonchev–Trinajstić information content (AvgIpc) is 2.71. The van der Waals surface area contributed by atoms with Crippen molar-refractivity contribution in [3.05, 3.63) is 36.0 Å². The second kappa shape index (κ2) is 4.84. The van der Waals surface area contributed by atoms with Gasteiger partial charge in [-0.05, 0) is 36.8 Å². The first-order valence-electron chi connectivity index (χ1n) is 6.32. The normalized spacial score (nSPS) is 13.1. The van der Waals surface area contributed by atoms with E-state index in [0.29, 0.717) is 6.04 Å². The van der Waals surface area contributed by atoms with Gasteiger partial charge < -0.3 is 9.67 Å². The standard InChI is InChI=1S/C15H19NO2/c1-10(2)16-8-7-12-5-4-6-13(15(12)16)11(3)9-14(17)18/h4-8,10-11H,9H2,1-3H3,(H,17,18). The average molecular weight is 245 g/mol. The number of aromatic nitrogens is 1. The van der Waals surface area contributed by atoms with Gasteiger partial charge >= 0.3 is 5.97 Å². The van der Waals surface area contributed by atoms with Crippen LogP contribution in [0.1, 0.15) is 44.7 Å². The van der Waals surface area contributed by atoms with Crippen LogP contribution in [0, 0.1) is 0 Å². The Labute approximate surface area is 107 Å². The fraction of sp³-hybridized carbons (Fsp3) is 0.400. The number of hydrogen-bond donors (Lipinski definition) is 1. The van der Waals surface area contributed by atoms with Gasteiger partial charge in [-0.1, -0.05) is 25.1 Å². The minimum Gasteiger partial charge on any atom is -0.481 e. The van der Waals surface area contributed by atoms with Crippen LogP contribution in [0.4, 0.5) is 0 Å². The zero-order valence-corrected chi connectivity index (χ0v) is 11.1. The lowest BCUT2D eigenvalue weighted by Gasteiger charge is -2.16. The van der Waals surface area contributed by atoms with Crippen LogP contribution < -0.4 is 0 Å². The first-order valence-corrected chi connectivity index (χ1v) is 6.32. The van der Waals surface area contributed by atoms with Gasteiger partial charge in [0, 0.05) is 12.2 Å². The third-order valence-electron chi connectivity index (χ3n) is 3.34. The molecule has 1 aromatic heterocycles. The molecule has 3 heteroatoms. The number of carbonyl (C=O) groups is 1. The molecule has 0 aliphatic rings. The molecule has 0 bridgehead atoms. The highest BCUT2D eigenvalue weighted by atomic mass is 16.4. The van der Waals surface area contributed by atoms with E-state index in [2.05, 4.69) is 36.7 Å². The van der Waals surface area contributed by atoms with E-state index in [1.807, 2.05) is 19.1 Å². The Bertz CT molecular complexity index is 569. The van der Waals surface area contributed by atoms with Crippen molar-refractivity contribution < 1.29 is 9.90 Å². The number of carboxylic acid groups (broad SMARTS) is 1. The molecule has 0 radical (unpaired) electrons. The Morgan fingerprint density at radius 3 is 2.61 bits per heavy atom. The lowest BCUT2D eigenvalue weighted by molar-refractivity contribution is -0.137. The van der Waals surface area contributed by atoms with Gasteiger partial charge in [0.25, 0.3) is 0 Å². The minimum absolute atomic E-state index is 0.0265. The highest BCUT2D eigenvalue weighted by Crippen LogP contribution is 2.30. The van der Waals surface area contributed by atoms with E-state index >= 15 is 0 Å². The molecule has 0 saturated heterocycles. The molecule has 1 aromatic carbocycles. The molecule has 96 valence electrons. The van der Waals surface area contributed by atoms with E-state index in [9.17, 15) is 4.79 Å². The number of aliphatic carboxylic acids is 1. The van der Waals surface area contributed by atoms with Crippen LogP contribution in [0.25, 0.3) is 10.9 Å². The Morgan fingerprint density at radius 1 is 1.28 bits per heavy atom. The molecular weight excluding hydrogens is 226 g/mol. The predicted octanol–water partition coefficient (Wildman–Crippen LogP) is 3.80. The predicted molar refractivity (Wildman–Crippen MR) is 73.0 cm³/mol. The van der Waals surface area contributed by atoms with Crippen LogP contribution in [0.5, 0.6) is 0 Å². The molecule has 0 amide bonds. The summed E-state index contributed by atoms with van der Waals surface area (Å²) in [5.74, 6) is -0.722. The monoisotopic (exact) mass is 245 g/mol. The van der Waals surface area contributed by atoms with Crippen molar-refractivity contribution in [3.63, 3.8) is 0 Å². The number of benzene rings is 1. The molecule has 0 saturated carbocycles. The largest absolute Gasteiger partial charge is 0.481 e. The molecule has 0 aliphatic carbocycles. The summed E-state index contributed by atoms with van der Waals surface area (Å²) in [6.07, 6.45) is 2.24. The zero-order chi connectivity index (χ0) is 13.3. The molecule has 3 nitrogen and oxygen atoms in total. The lowest BCUT2D eigenvalue weighted by Crippen LogP contribution is -2.06. The van der Waals surface area contributed by atoms with Crippen LogP contribution in [-0.2, 0) is 4.79 Å². The number of hydrogen-bond acceptors (Lipinski definition) is 1. The molecule has 18 heavy (non-hydrogen) atoms. The fourth-order valence-corrected chi connectivity index (χ4v) is 2.45. The molecule has 0 spiro atoms. The Kier molecular flexibility index (Phi) is 3.41. The van der Waals surface area contributed by atoms with Gasteiger partial charge in [0.05, 0.1) is 11.9 Å². The van der Waals surface area contributed by atoms with E-state index in [1.165, 1.54) is 10.9 Å². The van der Waals surface area contributed by atoms with Crippen LogP contribution in [-0.4, -0.2) is 15.6 Å². The molecule has 1 N–H and O–H groups in total. The summed E-state index contributed by atoms with van der Waals surface area (Å²) in [7, 11) is 0. The molecule has 0 fully saturated rings. The van der Waals surface area contributed by atoms with Gasteiger partial charge in [-0.2, -0.15) is 0 Å². The van der Waals surface area contributed by atoms with Crippen molar-refractivity contribution in [2.24, 2.45) is 0 Å². The number of rotatable bonds is 4. The molecule has 2 rings (SSSR count). The van der Waals surface area contributed by atoms with E-state index in [-0.39, 0.29) is 12.3 Å². The highest BCUT2D eigenvalue weighted by molar-refractivity contribution is 5.84. The zero-order valence-electron chi connectivity index (χ0n) is 11.1. The van der Waals surface area contributed by atoms with Gasteiger partial charge in [-0.25, -0.2) is 0 Å². The summed E-state index contributed by atoms with van der Waals surface area (Å²) in [5, 5.41) is 10.1. The molecule has 2 aromatic rings. The summed E-state index contributed by atoms with van der Waals surface area (Å²) in [6, 6.07) is 8.58. The van der Waals surface area contributed by atoms with Gasteiger partial charge in [-0.15, -0.1) is 0 Å². The van der Waals surface area contributed by atoms with Gasteiger partial charge in [-0.3, -0.25) is 4.79 Å². The van der Waals surface area contributed by atoms with Crippen molar-refractivity contribution in [3.8, 4) is 0 Å². The number of nitrogens with zero attached hydrogens (tertiary/aromatic N) is 1. The van der Waals surface area contributed by atoms with Gasteiger partial charge in [0.2, 0.25) is 0 Å². The van der Waals surface area contributed by atoms with Crippen LogP contribution in [0.2, 0.25) is 0 Å². The second-order valence-corrected chi connectivity index (χ2v) is 5.10. The SMILES string of the molecule is CC(CC(=O)O)c1cccc2ccn(C(C)C)c12. The first-order chi connectivity index (χ1) is 8.50. The van der Waals surface area contributed by atoms with Crippen molar-refractivity contribution >= 4 is 16.9 Å². The van der Waals surface area contributed by atoms with Crippen LogP contribution in [0.3, 0.4) is 0 Å². The van der Waals surface area contributed by atoms with Crippen molar-refractivity contribution in [2.45, 2.75) is 39.2 Å². The van der Waals surface area contributed by atoms with Crippen LogP contribution in [0.15, 0.2) is 30.5 Å². The van der Waals surface area contributed by atoms with Gasteiger partial charge in [0.1, 0.15) is 0 Å². The smallest absolute Gasteiger partial charge is 0.303 e. The third-order valence-corrected chi connectivity index (χ3v) is 3.34. The number of para-hydroxylation sites is 1. The molecule has 1 atom stereocenters. The molecule has 1 heterocycles. The summed E-state index contributed by atoms with van der Waals surface area (Å²) in [4.78, 5) is 10.9. The van der Waals surface area contributed by atoms with E-state index in [4.69, 9.17) is 5.11 Å². The minimum atomic E-state index is -0.748. The maximum atomic E-state index is 10.9. The van der Waals surface area contributed by atoms with Crippen molar-refractivity contribution in [1.29, 1.82) is 0 Å². The summed E-state index contributed by atoms with van der Waals surface area (Å²) in [6.45, 7) is 6.25. The summed E-state index contributed by atoms with van der Waals surface area (Å²) >= 11 is 0. The molecule has 0 aliphatic heterocycles. The number of fused-ring (bicyclic) bond motifs is 1. The lowest BCUT2D eigenvalue weighted by atomic mass is 9.95. The van der Waals surface area contributed by atoms with E-state index in [0.717, 1.165) is 5.56 Å². The Morgan fingerprint density at radius 2 is 2.00 bits per heavy atom. The third kappa shape index (κ3) is 2.26.